The number of para-hydroxylation sites is 1. The van der Waals surface area contributed by atoms with E-state index >= 15 is 0 Å². The van der Waals surface area contributed by atoms with Gasteiger partial charge in [0, 0.05) is 17.7 Å². The lowest BCUT2D eigenvalue weighted by molar-refractivity contribution is 0.0759. The zero-order valence-electron chi connectivity index (χ0n) is 12.0. The standard InChI is InChI=1S/C17H17ClFNO/c1-17(2)10-15(12-5-3-4-6-16(12)21-17)20-11-7-8-13(18)14(19)9-11/h3-9,15,20H,10H2,1-2H3. The van der Waals surface area contributed by atoms with Crippen molar-refractivity contribution in [3.63, 3.8) is 0 Å². The van der Waals surface area contributed by atoms with Gasteiger partial charge in [-0.25, -0.2) is 4.39 Å². The van der Waals surface area contributed by atoms with Crippen molar-refractivity contribution in [1.29, 1.82) is 0 Å². The van der Waals surface area contributed by atoms with Gasteiger partial charge in [0.05, 0.1) is 11.1 Å². The zero-order valence-corrected chi connectivity index (χ0v) is 12.7. The molecule has 110 valence electrons. The predicted molar refractivity (Wildman–Crippen MR) is 83.5 cm³/mol. The Bertz CT molecular complexity index is 672. The average Bonchev–Trinajstić information content (AvgIpc) is 2.42. The molecule has 2 nitrogen and oxygen atoms in total. The molecule has 0 aromatic heterocycles. The summed E-state index contributed by atoms with van der Waals surface area (Å²) in [6, 6.07) is 12.8. The Morgan fingerprint density at radius 1 is 1.24 bits per heavy atom. The first kappa shape index (κ1) is 14.2. The third-order valence-corrected chi connectivity index (χ3v) is 3.94. The number of ether oxygens (including phenoxy) is 1. The normalized spacial score (nSPS) is 19.5. The number of nitrogens with one attached hydrogen (secondary N) is 1. The molecule has 2 aromatic rings. The highest BCUT2D eigenvalue weighted by Crippen LogP contribution is 2.41. The molecule has 21 heavy (non-hydrogen) atoms. The van der Waals surface area contributed by atoms with E-state index < -0.39 is 5.82 Å². The van der Waals surface area contributed by atoms with Crippen molar-refractivity contribution in [3.8, 4) is 5.75 Å². The fourth-order valence-electron chi connectivity index (χ4n) is 2.72. The summed E-state index contributed by atoms with van der Waals surface area (Å²) in [5, 5.41) is 3.51. The lowest BCUT2D eigenvalue weighted by Crippen LogP contribution is -2.37. The minimum absolute atomic E-state index is 0.0746. The second kappa shape index (κ2) is 5.23. The summed E-state index contributed by atoms with van der Waals surface area (Å²) in [6.07, 6.45) is 0.800. The second-order valence-electron chi connectivity index (χ2n) is 5.93. The molecular formula is C17H17ClFNO. The average molecular weight is 306 g/mol. The van der Waals surface area contributed by atoms with Gasteiger partial charge in [0.25, 0.3) is 0 Å². The topological polar surface area (TPSA) is 21.3 Å². The van der Waals surface area contributed by atoms with E-state index in [-0.39, 0.29) is 16.7 Å². The molecule has 0 saturated heterocycles. The van der Waals surface area contributed by atoms with Crippen molar-refractivity contribution < 1.29 is 9.13 Å². The van der Waals surface area contributed by atoms with Crippen molar-refractivity contribution >= 4 is 17.3 Å². The van der Waals surface area contributed by atoms with E-state index in [2.05, 4.69) is 19.2 Å². The van der Waals surface area contributed by atoms with Crippen molar-refractivity contribution in [3.05, 3.63) is 58.9 Å². The highest BCUT2D eigenvalue weighted by atomic mass is 35.5. The molecule has 1 N–H and O–H groups in total. The lowest BCUT2D eigenvalue weighted by atomic mass is 9.89. The Morgan fingerprint density at radius 3 is 2.76 bits per heavy atom. The molecule has 0 saturated carbocycles. The molecule has 1 aliphatic rings. The molecule has 0 bridgehead atoms. The Labute approximate surface area is 128 Å². The lowest BCUT2D eigenvalue weighted by Gasteiger charge is -2.38. The predicted octanol–water partition coefficient (Wildman–Crippen LogP) is 5.19. The van der Waals surface area contributed by atoms with Gasteiger partial charge in [-0.2, -0.15) is 0 Å². The highest BCUT2D eigenvalue weighted by molar-refractivity contribution is 6.30. The smallest absolute Gasteiger partial charge is 0.143 e. The molecule has 1 aliphatic heterocycles. The van der Waals surface area contributed by atoms with Crippen molar-refractivity contribution in [2.24, 2.45) is 0 Å². The molecule has 0 fully saturated rings. The molecule has 0 radical (unpaired) electrons. The summed E-state index contributed by atoms with van der Waals surface area (Å²) >= 11 is 5.73. The van der Waals surface area contributed by atoms with Crippen LogP contribution in [0.5, 0.6) is 5.75 Å². The van der Waals surface area contributed by atoms with Crippen molar-refractivity contribution in [2.45, 2.75) is 31.9 Å². The Kier molecular flexibility index (Phi) is 3.54. The molecule has 2 aromatic carbocycles. The van der Waals surface area contributed by atoms with E-state index in [1.807, 2.05) is 24.3 Å². The number of benzene rings is 2. The van der Waals surface area contributed by atoms with Gasteiger partial charge in [-0.15, -0.1) is 0 Å². The van der Waals surface area contributed by atoms with Crippen LogP contribution in [-0.2, 0) is 0 Å². The Balaban J connectivity index is 1.92. The number of anilines is 1. The maximum Gasteiger partial charge on any atom is 0.143 e. The van der Waals surface area contributed by atoms with Gasteiger partial charge >= 0.3 is 0 Å². The maximum atomic E-state index is 13.6. The first-order valence-corrected chi connectivity index (χ1v) is 7.32. The van der Waals surface area contributed by atoms with E-state index in [9.17, 15) is 4.39 Å². The monoisotopic (exact) mass is 305 g/mol. The number of rotatable bonds is 2. The SMILES string of the molecule is CC1(C)CC(Nc2ccc(Cl)c(F)c2)c2ccccc2O1. The van der Waals surface area contributed by atoms with Crippen LogP contribution in [0.1, 0.15) is 31.9 Å². The third kappa shape index (κ3) is 2.98. The third-order valence-electron chi connectivity index (χ3n) is 3.64. The summed E-state index contributed by atoms with van der Waals surface area (Å²) in [4.78, 5) is 0. The van der Waals surface area contributed by atoms with Crippen LogP contribution < -0.4 is 10.1 Å². The van der Waals surface area contributed by atoms with E-state index in [1.165, 1.54) is 6.07 Å². The minimum atomic E-state index is -0.415. The molecule has 0 amide bonds. The van der Waals surface area contributed by atoms with E-state index in [0.29, 0.717) is 0 Å². The van der Waals surface area contributed by atoms with Gasteiger partial charge < -0.3 is 10.1 Å². The van der Waals surface area contributed by atoms with E-state index in [4.69, 9.17) is 16.3 Å². The Morgan fingerprint density at radius 2 is 2.00 bits per heavy atom. The zero-order chi connectivity index (χ0) is 15.0. The number of halogens is 2. The van der Waals surface area contributed by atoms with Crippen molar-refractivity contribution in [2.75, 3.05) is 5.32 Å². The van der Waals surface area contributed by atoms with Crippen LogP contribution in [-0.4, -0.2) is 5.60 Å². The number of fused-ring (bicyclic) bond motifs is 1. The first-order valence-electron chi connectivity index (χ1n) is 6.94. The first-order chi connectivity index (χ1) is 9.94. The van der Waals surface area contributed by atoms with Gasteiger partial charge in [0.15, 0.2) is 0 Å². The minimum Gasteiger partial charge on any atom is -0.487 e. The number of hydrogen-bond donors (Lipinski definition) is 1. The van der Waals surface area contributed by atoms with Crippen LogP contribution >= 0.6 is 11.6 Å². The molecule has 3 rings (SSSR count). The van der Waals surface area contributed by atoms with Crippen molar-refractivity contribution in [1.82, 2.24) is 0 Å². The van der Waals surface area contributed by atoms with E-state index in [0.717, 1.165) is 23.4 Å². The summed E-state index contributed by atoms with van der Waals surface area (Å²) in [7, 11) is 0. The van der Waals surface area contributed by atoms with Crippen LogP contribution in [0.3, 0.4) is 0 Å². The van der Waals surface area contributed by atoms with Gasteiger partial charge in [-0.05, 0) is 38.1 Å². The van der Waals surface area contributed by atoms with Crippen LogP contribution in [0.25, 0.3) is 0 Å². The molecule has 0 aliphatic carbocycles. The fraction of sp³-hybridized carbons (Fsp3) is 0.294. The van der Waals surface area contributed by atoms with Crippen LogP contribution in [0.15, 0.2) is 42.5 Å². The van der Waals surface area contributed by atoms with E-state index in [1.54, 1.807) is 12.1 Å². The summed E-state index contributed by atoms with van der Waals surface area (Å²) in [5.41, 5.74) is 1.54. The highest BCUT2D eigenvalue weighted by Gasteiger charge is 2.33. The summed E-state index contributed by atoms with van der Waals surface area (Å²) in [6.45, 7) is 4.11. The largest absolute Gasteiger partial charge is 0.487 e. The Hall–Kier alpha value is -1.74. The molecule has 4 heteroatoms. The van der Waals surface area contributed by atoms with Gasteiger partial charge in [0.2, 0.25) is 0 Å². The summed E-state index contributed by atoms with van der Waals surface area (Å²) in [5.74, 6) is 0.460. The maximum absolute atomic E-state index is 13.6. The molecule has 1 atom stereocenters. The fourth-order valence-corrected chi connectivity index (χ4v) is 2.84. The quantitative estimate of drug-likeness (QED) is 0.824. The summed E-state index contributed by atoms with van der Waals surface area (Å²) < 4.78 is 19.6. The van der Waals surface area contributed by atoms with Crippen LogP contribution in [0.2, 0.25) is 5.02 Å². The molecule has 1 heterocycles. The molecular weight excluding hydrogens is 289 g/mol. The molecule has 0 spiro atoms. The van der Waals surface area contributed by atoms with Gasteiger partial charge in [0.1, 0.15) is 17.2 Å². The van der Waals surface area contributed by atoms with Crippen LogP contribution in [0.4, 0.5) is 10.1 Å². The second-order valence-corrected chi connectivity index (χ2v) is 6.34. The van der Waals surface area contributed by atoms with Gasteiger partial charge in [-0.1, -0.05) is 29.8 Å². The van der Waals surface area contributed by atoms with Crippen LogP contribution in [0, 0.1) is 5.82 Å². The van der Waals surface area contributed by atoms with Gasteiger partial charge in [-0.3, -0.25) is 0 Å². The number of hydrogen-bond acceptors (Lipinski definition) is 2. The molecule has 1 unspecified atom stereocenters.